The molecule has 0 aliphatic carbocycles. The van der Waals surface area contributed by atoms with E-state index in [-0.39, 0.29) is 18.7 Å². The highest BCUT2D eigenvalue weighted by molar-refractivity contribution is 5.23. The van der Waals surface area contributed by atoms with E-state index in [1.807, 2.05) is 0 Å². The molecule has 0 bridgehead atoms. The Morgan fingerprint density at radius 2 is 2.00 bits per heavy atom. The van der Waals surface area contributed by atoms with E-state index in [0.29, 0.717) is 5.82 Å². The molecule has 0 unspecified atom stereocenters. The molecule has 4 nitrogen and oxygen atoms in total. The minimum absolute atomic E-state index is 0.0292. The topological polar surface area (TPSA) is 50.9 Å². The third-order valence-corrected chi connectivity index (χ3v) is 2.44. The molecule has 0 aliphatic heterocycles. The van der Waals surface area contributed by atoms with Crippen LogP contribution >= 0.6 is 0 Å². The maximum atomic E-state index is 12.7. The molecule has 96 valence electrons. The largest absolute Gasteiger partial charge is 0.433 e. The normalized spacial score (nSPS) is 11.8. The van der Waals surface area contributed by atoms with E-state index < -0.39 is 11.9 Å². The minimum atomic E-state index is -4.49. The zero-order valence-electron chi connectivity index (χ0n) is 9.22. The Bertz CT molecular complexity index is 536. The second-order valence-corrected chi connectivity index (χ2v) is 3.64. The smallest absolute Gasteiger partial charge is 0.388 e. The molecule has 1 N–H and O–H groups in total. The lowest BCUT2D eigenvalue weighted by Crippen LogP contribution is -2.14. The van der Waals surface area contributed by atoms with Crippen LogP contribution in [0.25, 0.3) is 0 Å². The van der Waals surface area contributed by atoms with Gasteiger partial charge in [0.25, 0.3) is 0 Å². The van der Waals surface area contributed by atoms with Crippen LogP contribution in [0.1, 0.15) is 17.1 Å². The van der Waals surface area contributed by atoms with Gasteiger partial charge in [0.2, 0.25) is 0 Å². The third-order valence-electron chi connectivity index (χ3n) is 2.44. The van der Waals surface area contributed by atoms with Crippen molar-refractivity contribution < 1.29 is 18.3 Å². The average molecular weight is 257 g/mol. The molecule has 0 aromatic carbocycles. The number of aliphatic hydroxyl groups excluding tert-OH is 1. The van der Waals surface area contributed by atoms with Crippen LogP contribution < -0.4 is 0 Å². The molecule has 2 rings (SSSR count). The first kappa shape index (κ1) is 12.6. The number of aliphatic hydroxyl groups is 1. The fourth-order valence-electron chi connectivity index (χ4n) is 1.64. The first-order valence-corrected chi connectivity index (χ1v) is 5.14. The number of halogens is 3. The van der Waals surface area contributed by atoms with E-state index in [9.17, 15) is 13.2 Å². The van der Waals surface area contributed by atoms with Gasteiger partial charge in [0.15, 0.2) is 0 Å². The molecule has 0 amide bonds. The summed E-state index contributed by atoms with van der Waals surface area (Å²) in [6.07, 6.45) is -0.447. The van der Waals surface area contributed by atoms with E-state index in [1.165, 1.54) is 29.1 Å². The molecule has 0 radical (unpaired) electrons. The summed E-state index contributed by atoms with van der Waals surface area (Å²) in [4.78, 5) is 7.20. The zero-order valence-corrected chi connectivity index (χ0v) is 9.22. The van der Waals surface area contributed by atoms with E-state index in [4.69, 9.17) is 5.11 Å². The van der Waals surface area contributed by atoms with Crippen molar-refractivity contribution in [3.05, 3.63) is 47.8 Å². The van der Waals surface area contributed by atoms with Crippen LogP contribution in [-0.4, -0.2) is 19.6 Å². The van der Waals surface area contributed by atoms with Crippen LogP contribution in [0.2, 0.25) is 0 Å². The van der Waals surface area contributed by atoms with Gasteiger partial charge in [0.05, 0.1) is 6.54 Å². The molecule has 0 aliphatic rings. The van der Waals surface area contributed by atoms with Gasteiger partial charge in [-0.2, -0.15) is 13.2 Å². The SMILES string of the molecule is OCc1nccn1Cc1cccnc1C(F)(F)F. The summed E-state index contributed by atoms with van der Waals surface area (Å²) in [7, 11) is 0. The molecule has 0 saturated heterocycles. The van der Waals surface area contributed by atoms with Crippen molar-refractivity contribution in [1.29, 1.82) is 0 Å². The van der Waals surface area contributed by atoms with Gasteiger partial charge < -0.3 is 9.67 Å². The van der Waals surface area contributed by atoms with Crippen molar-refractivity contribution in [3.8, 4) is 0 Å². The predicted octanol–water partition coefficient (Wildman–Crippen LogP) is 1.84. The molecule has 0 atom stereocenters. The van der Waals surface area contributed by atoms with E-state index in [1.54, 1.807) is 0 Å². The van der Waals surface area contributed by atoms with Gasteiger partial charge in [-0.25, -0.2) is 4.98 Å². The number of rotatable bonds is 3. The number of hydrogen-bond acceptors (Lipinski definition) is 3. The number of imidazole rings is 1. The second-order valence-electron chi connectivity index (χ2n) is 3.64. The van der Waals surface area contributed by atoms with Gasteiger partial charge in [-0.15, -0.1) is 0 Å². The van der Waals surface area contributed by atoms with Crippen LogP contribution in [0.3, 0.4) is 0 Å². The van der Waals surface area contributed by atoms with E-state index in [2.05, 4.69) is 9.97 Å². The zero-order chi connectivity index (χ0) is 13.2. The Hall–Kier alpha value is -1.89. The summed E-state index contributed by atoms with van der Waals surface area (Å²) >= 11 is 0. The van der Waals surface area contributed by atoms with Crippen LogP contribution in [0, 0.1) is 0 Å². The number of pyridine rings is 1. The number of nitrogens with zero attached hydrogens (tertiary/aromatic N) is 3. The Kier molecular flexibility index (Phi) is 3.33. The average Bonchev–Trinajstić information content (AvgIpc) is 2.75. The van der Waals surface area contributed by atoms with E-state index in [0.717, 1.165) is 6.20 Å². The second kappa shape index (κ2) is 4.77. The van der Waals surface area contributed by atoms with Crippen molar-refractivity contribution >= 4 is 0 Å². The molecule has 0 fully saturated rings. The Morgan fingerprint density at radius 1 is 1.22 bits per heavy atom. The number of alkyl halides is 3. The maximum absolute atomic E-state index is 12.7. The van der Waals surface area contributed by atoms with Gasteiger partial charge in [-0.1, -0.05) is 6.07 Å². The van der Waals surface area contributed by atoms with Gasteiger partial charge >= 0.3 is 6.18 Å². The van der Waals surface area contributed by atoms with Gasteiger partial charge in [-0.3, -0.25) is 4.98 Å². The molecule has 2 heterocycles. The summed E-state index contributed by atoms with van der Waals surface area (Å²) in [5, 5.41) is 8.99. The van der Waals surface area contributed by atoms with Crippen LogP contribution in [0.5, 0.6) is 0 Å². The van der Waals surface area contributed by atoms with Crippen molar-refractivity contribution in [3.63, 3.8) is 0 Å². The molecule has 18 heavy (non-hydrogen) atoms. The number of aromatic nitrogens is 3. The summed E-state index contributed by atoms with van der Waals surface area (Å²) in [6.45, 7) is -0.354. The molecule has 0 saturated carbocycles. The highest BCUT2D eigenvalue weighted by Crippen LogP contribution is 2.30. The summed E-state index contributed by atoms with van der Waals surface area (Å²) in [5.74, 6) is 0.312. The lowest BCUT2D eigenvalue weighted by molar-refractivity contribution is -0.141. The van der Waals surface area contributed by atoms with Gasteiger partial charge in [0.1, 0.15) is 18.1 Å². The number of hydrogen-bond donors (Lipinski definition) is 1. The Morgan fingerprint density at radius 3 is 2.67 bits per heavy atom. The first-order valence-electron chi connectivity index (χ1n) is 5.14. The summed E-state index contributed by atoms with van der Waals surface area (Å²) in [5.41, 5.74) is -0.875. The van der Waals surface area contributed by atoms with Gasteiger partial charge in [0, 0.05) is 24.2 Å². The standard InChI is InChI=1S/C11H10F3N3O/c12-11(13,14)10-8(2-1-3-16-10)6-17-5-4-15-9(17)7-18/h1-5,18H,6-7H2. The third kappa shape index (κ3) is 2.51. The summed E-state index contributed by atoms with van der Waals surface area (Å²) < 4.78 is 39.6. The molecular weight excluding hydrogens is 247 g/mol. The first-order chi connectivity index (χ1) is 8.52. The lowest BCUT2D eigenvalue weighted by Gasteiger charge is -2.12. The van der Waals surface area contributed by atoms with Crippen molar-refractivity contribution in [2.45, 2.75) is 19.3 Å². The van der Waals surface area contributed by atoms with Gasteiger partial charge in [-0.05, 0) is 6.07 Å². The Balaban J connectivity index is 2.35. The highest BCUT2D eigenvalue weighted by atomic mass is 19.4. The molecular formula is C11H10F3N3O. The fourth-order valence-corrected chi connectivity index (χ4v) is 1.64. The van der Waals surface area contributed by atoms with Crippen LogP contribution in [-0.2, 0) is 19.3 Å². The highest BCUT2D eigenvalue weighted by Gasteiger charge is 2.35. The van der Waals surface area contributed by atoms with Crippen molar-refractivity contribution in [1.82, 2.24) is 14.5 Å². The van der Waals surface area contributed by atoms with Crippen molar-refractivity contribution in [2.24, 2.45) is 0 Å². The molecule has 0 spiro atoms. The predicted molar refractivity (Wildman–Crippen MR) is 56.5 cm³/mol. The van der Waals surface area contributed by atoms with Crippen LogP contribution in [0.4, 0.5) is 13.2 Å². The van der Waals surface area contributed by atoms with Crippen molar-refractivity contribution in [2.75, 3.05) is 0 Å². The summed E-state index contributed by atoms with van der Waals surface area (Å²) in [6, 6.07) is 2.80. The fraction of sp³-hybridized carbons (Fsp3) is 0.273. The molecule has 2 aromatic rings. The van der Waals surface area contributed by atoms with E-state index >= 15 is 0 Å². The molecule has 7 heteroatoms. The lowest BCUT2D eigenvalue weighted by atomic mass is 10.2. The Labute approximate surface area is 101 Å². The minimum Gasteiger partial charge on any atom is -0.388 e. The molecule has 2 aromatic heterocycles. The van der Waals surface area contributed by atoms with Crippen LogP contribution in [0.15, 0.2) is 30.7 Å². The quantitative estimate of drug-likeness (QED) is 0.912. The maximum Gasteiger partial charge on any atom is 0.433 e. The monoisotopic (exact) mass is 257 g/mol.